The Morgan fingerprint density at radius 2 is 2.21 bits per heavy atom. The van der Waals surface area contributed by atoms with Crippen molar-refractivity contribution in [3.05, 3.63) is 46.4 Å². The van der Waals surface area contributed by atoms with Gasteiger partial charge in [0.25, 0.3) is 5.91 Å². The lowest BCUT2D eigenvalue weighted by molar-refractivity contribution is 0.0520. The van der Waals surface area contributed by atoms with Crippen LogP contribution in [0.1, 0.15) is 33.5 Å². The molecule has 0 aliphatic heterocycles. The number of furan rings is 1. The second-order valence-electron chi connectivity index (χ2n) is 4.89. The number of ether oxygens (including phenoxy) is 1. The maximum atomic E-state index is 13.7. The summed E-state index contributed by atoms with van der Waals surface area (Å²) in [5, 5.41) is 4.79. The van der Waals surface area contributed by atoms with E-state index in [1.165, 1.54) is 11.4 Å². The highest BCUT2D eigenvalue weighted by molar-refractivity contribution is 7.14. The molecule has 0 saturated heterocycles. The molecular formula is C16H13FN2O4S. The van der Waals surface area contributed by atoms with Crippen molar-refractivity contribution < 1.29 is 23.1 Å². The van der Waals surface area contributed by atoms with Gasteiger partial charge in [-0.15, -0.1) is 11.3 Å². The number of nitrogens with zero attached hydrogens (tertiary/aromatic N) is 1. The number of carbonyl (C=O) groups is 2. The molecule has 2 aromatic heterocycles. The monoisotopic (exact) mass is 348 g/mol. The largest absolute Gasteiger partial charge is 0.461 e. The van der Waals surface area contributed by atoms with Crippen LogP contribution in [0.15, 0.2) is 28.0 Å². The Kier molecular flexibility index (Phi) is 4.30. The molecule has 1 amide bonds. The average Bonchev–Trinajstić information content (AvgIpc) is 3.14. The van der Waals surface area contributed by atoms with Crippen LogP contribution >= 0.6 is 11.3 Å². The first-order valence-corrected chi connectivity index (χ1v) is 8.00. The molecule has 6 nitrogen and oxygen atoms in total. The normalized spacial score (nSPS) is 10.8. The van der Waals surface area contributed by atoms with Crippen LogP contribution in [0.4, 0.5) is 9.52 Å². The van der Waals surface area contributed by atoms with Crippen molar-refractivity contribution in [1.29, 1.82) is 0 Å². The molecule has 0 saturated carbocycles. The quantitative estimate of drug-likeness (QED) is 0.726. The Hall–Kier alpha value is -2.74. The molecule has 0 fully saturated rings. The number of anilines is 1. The van der Waals surface area contributed by atoms with Crippen LogP contribution in [0.2, 0.25) is 0 Å². The van der Waals surface area contributed by atoms with Crippen molar-refractivity contribution in [3.63, 3.8) is 0 Å². The molecule has 24 heavy (non-hydrogen) atoms. The van der Waals surface area contributed by atoms with Gasteiger partial charge in [-0.2, -0.15) is 0 Å². The molecular weight excluding hydrogens is 335 g/mol. The van der Waals surface area contributed by atoms with Crippen LogP contribution in [0.3, 0.4) is 0 Å². The number of aromatic nitrogens is 1. The van der Waals surface area contributed by atoms with Gasteiger partial charge in [0.1, 0.15) is 0 Å². The molecule has 0 aliphatic rings. The SMILES string of the molecule is CCOC(=O)c1csc(NC(=O)c2oc3c(F)cccc3c2C)n1. The maximum absolute atomic E-state index is 13.7. The molecule has 1 aromatic carbocycles. The fraction of sp³-hybridized carbons (Fsp3) is 0.188. The van der Waals surface area contributed by atoms with Gasteiger partial charge in [0.05, 0.1) is 6.61 Å². The highest BCUT2D eigenvalue weighted by Crippen LogP contribution is 2.28. The number of rotatable bonds is 4. The first kappa shape index (κ1) is 16.1. The summed E-state index contributed by atoms with van der Waals surface area (Å²) in [6.07, 6.45) is 0. The Morgan fingerprint density at radius 1 is 1.42 bits per heavy atom. The van der Waals surface area contributed by atoms with Gasteiger partial charge < -0.3 is 9.15 Å². The molecule has 0 atom stereocenters. The van der Waals surface area contributed by atoms with E-state index in [9.17, 15) is 14.0 Å². The van der Waals surface area contributed by atoms with Crippen molar-refractivity contribution in [3.8, 4) is 0 Å². The number of aryl methyl sites for hydroxylation is 1. The lowest BCUT2D eigenvalue weighted by Gasteiger charge is -1.99. The van der Waals surface area contributed by atoms with Gasteiger partial charge in [-0.25, -0.2) is 14.2 Å². The van der Waals surface area contributed by atoms with E-state index in [4.69, 9.17) is 9.15 Å². The number of hydrogen-bond donors (Lipinski definition) is 1. The summed E-state index contributed by atoms with van der Waals surface area (Å²) in [5.41, 5.74) is 0.681. The van der Waals surface area contributed by atoms with Crippen LogP contribution in [0.25, 0.3) is 11.0 Å². The lowest BCUT2D eigenvalue weighted by atomic mass is 10.1. The van der Waals surface area contributed by atoms with E-state index >= 15 is 0 Å². The molecule has 124 valence electrons. The average molecular weight is 348 g/mol. The van der Waals surface area contributed by atoms with E-state index in [-0.39, 0.29) is 28.8 Å². The first-order valence-electron chi connectivity index (χ1n) is 7.13. The molecule has 8 heteroatoms. The first-order chi connectivity index (χ1) is 11.5. The van der Waals surface area contributed by atoms with Crippen LogP contribution in [-0.4, -0.2) is 23.5 Å². The maximum Gasteiger partial charge on any atom is 0.357 e. The number of para-hydroxylation sites is 1. The molecule has 0 unspecified atom stereocenters. The minimum atomic E-state index is -0.562. The zero-order chi connectivity index (χ0) is 17.3. The smallest absolute Gasteiger partial charge is 0.357 e. The minimum absolute atomic E-state index is 0.00276. The summed E-state index contributed by atoms with van der Waals surface area (Å²) in [7, 11) is 0. The van der Waals surface area contributed by atoms with Gasteiger partial charge in [0, 0.05) is 16.3 Å². The van der Waals surface area contributed by atoms with Crippen molar-refractivity contribution in [2.45, 2.75) is 13.8 Å². The highest BCUT2D eigenvalue weighted by atomic mass is 32.1. The van der Waals surface area contributed by atoms with Gasteiger partial charge in [0.2, 0.25) is 0 Å². The summed E-state index contributed by atoms with van der Waals surface area (Å²) in [4.78, 5) is 27.9. The van der Waals surface area contributed by atoms with E-state index < -0.39 is 17.7 Å². The van der Waals surface area contributed by atoms with Gasteiger partial charge in [-0.3, -0.25) is 10.1 Å². The number of esters is 1. The summed E-state index contributed by atoms with van der Waals surface area (Å²) in [5.74, 6) is -1.65. The topological polar surface area (TPSA) is 81.4 Å². The Balaban J connectivity index is 1.84. The molecule has 0 aliphatic carbocycles. The zero-order valence-electron chi connectivity index (χ0n) is 12.9. The highest BCUT2D eigenvalue weighted by Gasteiger charge is 2.21. The molecule has 0 bridgehead atoms. The second-order valence-corrected chi connectivity index (χ2v) is 5.74. The Morgan fingerprint density at radius 3 is 2.92 bits per heavy atom. The fourth-order valence-electron chi connectivity index (χ4n) is 2.21. The van der Waals surface area contributed by atoms with Crippen LogP contribution in [0.5, 0.6) is 0 Å². The third-order valence-corrected chi connectivity index (χ3v) is 4.09. The third-order valence-electron chi connectivity index (χ3n) is 3.33. The van der Waals surface area contributed by atoms with Gasteiger partial charge >= 0.3 is 5.97 Å². The third kappa shape index (κ3) is 2.88. The number of fused-ring (bicyclic) bond motifs is 1. The van der Waals surface area contributed by atoms with E-state index in [0.29, 0.717) is 10.9 Å². The number of halogens is 1. The fourth-order valence-corrected chi connectivity index (χ4v) is 2.88. The van der Waals surface area contributed by atoms with Crippen molar-refractivity contribution in [2.24, 2.45) is 0 Å². The minimum Gasteiger partial charge on any atom is -0.461 e. The van der Waals surface area contributed by atoms with Gasteiger partial charge in [-0.1, -0.05) is 12.1 Å². The van der Waals surface area contributed by atoms with E-state index in [0.717, 1.165) is 11.3 Å². The van der Waals surface area contributed by atoms with Crippen LogP contribution < -0.4 is 5.32 Å². The van der Waals surface area contributed by atoms with Crippen molar-refractivity contribution in [1.82, 2.24) is 4.98 Å². The second kappa shape index (κ2) is 6.40. The van der Waals surface area contributed by atoms with E-state index in [2.05, 4.69) is 10.3 Å². The Labute approximate surface area is 140 Å². The number of hydrogen-bond acceptors (Lipinski definition) is 6. The molecule has 0 spiro atoms. The molecule has 0 radical (unpaired) electrons. The number of benzene rings is 1. The van der Waals surface area contributed by atoms with Gasteiger partial charge in [0.15, 0.2) is 28.0 Å². The number of thiazole rings is 1. The molecule has 2 heterocycles. The summed E-state index contributed by atoms with van der Waals surface area (Å²) < 4.78 is 23.9. The lowest BCUT2D eigenvalue weighted by Crippen LogP contribution is -2.12. The molecule has 1 N–H and O–H groups in total. The van der Waals surface area contributed by atoms with E-state index in [1.54, 1.807) is 26.0 Å². The van der Waals surface area contributed by atoms with Crippen LogP contribution in [0, 0.1) is 12.7 Å². The summed E-state index contributed by atoms with van der Waals surface area (Å²) >= 11 is 1.08. The van der Waals surface area contributed by atoms with Crippen molar-refractivity contribution in [2.75, 3.05) is 11.9 Å². The predicted octanol–water partition coefficient (Wildman–Crippen LogP) is 3.77. The zero-order valence-corrected chi connectivity index (χ0v) is 13.7. The number of carbonyl (C=O) groups excluding carboxylic acids is 2. The van der Waals surface area contributed by atoms with E-state index in [1.807, 2.05) is 0 Å². The molecule has 3 rings (SSSR count). The predicted molar refractivity (Wildman–Crippen MR) is 86.9 cm³/mol. The Bertz CT molecular complexity index is 931. The summed E-state index contributed by atoms with van der Waals surface area (Å²) in [6, 6.07) is 4.49. The van der Waals surface area contributed by atoms with Crippen molar-refractivity contribution >= 4 is 39.3 Å². The van der Waals surface area contributed by atoms with Crippen LogP contribution in [-0.2, 0) is 4.74 Å². The number of amides is 1. The standard InChI is InChI=1S/C16H13FN2O4S/c1-3-22-15(21)11-7-24-16(18-11)19-14(20)12-8(2)9-5-4-6-10(17)13(9)23-12/h4-7H,3H2,1-2H3,(H,18,19,20). The van der Waals surface area contributed by atoms with Gasteiger partial charge in [-0.05, 0) is 19.9 Å². The summed E-state index contributed by atoms with van der Waals surface area (Å²) in [6.45, 7) is 3.60. The number of nitrogens with one attached hydrogen (secondary N) is 1. The molecule has 3 aromatic rings.